The van der Waals surface area contributed by atoms with Crippen LogP contribution in [0.2, 0.25) is 0 Å². The molecule has 0 saturated carbocycles. The van der Waals surface area contributed by atoms with Gasteiger partial charge in [-0.1, -0.05) is 6.92 Å². The van der Waals surface area contributed by atoms with Crippen LogP contribution in [0.5, 0.6) is 0 Å². The van der Waals surface area contributed by atoms with Gasteiger partial charge >= 0.3 is 0 Å². The highest BCUT2D eigenvalue weighted by molar-refractivity contribution is 5.22. The van der Waals surface area contributed by atoms with Crippen molar-refractivity contribution < 1.29 is 4.74 Å². The Hall–Kier alpha value is -0.870. The number of fused-ring (bicyclic) bond motifs is 1. The lowest BCUT2D eigenvalue weighted by molar-refractivity contribution is 0.106. The van der Waals surface area contributed by atoms with Crippen LogP contribution in [0, 0.1) is 0 Å². The monoisotopic (exact) mass is 249 g/mol. The molecule has 1 saturated heterocycles. The van der Waals surface area contributed by atoms with E-state index in [1.807, 2.05) is 0 Å². The van der Waals surface area contributed by atoms with E-state index in [1.54, 1.807) is 0 Å². The summed E-state index contributed by atoms with van der Waals surface area (Å²) in [6.45, 7) is 7.32. The van der Waals surface area contributed by atoms with Crippen LogP contribution < -0.4 is 5.32 Å². The minimum absolute atomic E-state index is 0.328. The molecule has 3 heterocycles. The number of aryl methyl sites for hydroxylation is 1. The Morgan fingerprint density at radius 1 is 1.50 bits per heavy atom. The van der Waals surface area contributed by atoms with Gasteiger partial charge in [-0.25, -0.2) is 4.98 Å². The van der Waals surface area contributed by atoms with Gasteiger partial charge in [-0.15, -0.1) is 0 Å². The zero-order valence-electron chi connectivity index (χ0n) is 11.4. The Kier molecular flexibility index (Phi) is 3.39. The smallest absolute Gasteiger partial charge is 0.109 e. The predicted octanol–water partition coefficient (Wildman–Crippen LogP) is 1.83. The first-order valence-corrected chi connectivity index (χ1v) is 7.22. The molecule has 1 fully saturated rings. The molecule has 0 radical (unpaired) electrons. The van der Waals surface area contributed by atoms with Crippen LogP contribution in [0.3, 0.4) is 0 Å². The van der Waals surface area contributed by atoms with E-state index in [0.29, 0.717) is 12.1 Å². The third-order valence-corrected chi connectivity index (χ3v) is 4.14. The fourth-order valence-corrected chi connectivity index (χ4v) is 3.24. The van der Waals surface area contributed by atoms with E-state index in [1.165, 1.54) is 17.2 Å². The maximum atomic E-state index is 5.75. The van der Waals surface area contributed by atoms with Crippen LogP contribution in [0.1, 0.15) is 49.9 Å². The van der Waals surface area contributed by atoms with Gasteiger partial charge in [-0.05, 0) is 19.8 Å². The maximum Gasteiger partial charge on any atom is 0.109 e. The van der Waals surface area contributed by atoms with E-state index in [4.69, 9.17) is 9.72 Å². The molecule has 2 atom stereocenters. The van der Waals surface area contributed by atoms with Crippen molar-refractivity contribution in [3.05, 3.63) is 17.2 Å². The highest BCUT2D eigenvalue weighted by Crippen LogP contribution is 2.31. The summed E-state index contributed by atoms with van der Waals surface area (Å²) in [6, 6.07) is 0.501. The lowest BCUT2D eigenvalue weighted by Crippen LogP contribution is -2.27. The number of ether oxygens (including phenoxy) is 1. The van der Waals surface area contributed by atoms with Crippen LogP contribution >= 0.6 is 0 Å². The predicted molar refractivity (Wildman–Crippen MR) is 70.7 cm³/mol. The Bertz CT molecular complexity index is 427. The van der Waals surface area contributed by atoms with E-state index < -0.39 is 0 Å². The van der Waals surface area contributed by atoms with Gasteiger partial charge in [0.1, 0.15) is 5.82 Å². The van der Waals surface area contributed by atoms with Gasteiger partial charge in [0.25, 0.3) is 0 Å². The van der Waals surface area contributed by atoms with Gasteiger partial charge in [0.2, 0.25) is 0 Å². The maximum absolute atomic E-state index is 5.75. The molecule has 0 bridgehead atoms. The number of hydrogen-bond donors (Lipinski definition) is 1. The third-order valence-electron chi connectivity index (χ3n) is 4.14. The first-order valence-electron chi connectivity index (χ1n) is 7.22. The van der Waals surface area contributed by atoms with Crippen molar-refractivity contribution in [2.75, 3.05) is 13.2 Å². The summed E-state index contributed by atoms with van der Waals surface area (Å²) in [5, 5.41) is 3.42. The average Bonchev–Trinajstić information content (AvgIpc) is 2.93. The standard InChI is InChI=1S/C14H23N3O/c1-3-4-14-16-11-9-15-7-5-13(11)17(14)12-6-8-18-10(12)2/h10,12,15H,3-9H2,1-2H3. The van der Waals surface area contributed by atoms with Gasteiger partial charge in [0, 0.05) is 38.2 Å². The molecule has 2 aliphatic rings. The van der Waals surface area contributed by atoms with Crippen LogP contribution in [0.25, 0.3) is 0 Å². The first kappa shape index (κ1) is 12.2. The molecule has 18 heavy (non-hydrogen) atoms. The summed E-state index contributed by atoms with van der Waals surface area (Å²) < 4.78 is 8.26. The quantitative estimate of drug-likeness (QED) is 0.888. The van der Waals surface area contributed by atoms with Crippen LogP contribution in [-0.2, 0) is 24.1 Å². The largest absolute Gasteiger partial charge is 0.376 e. The molecule has 0 aliphatic carbocycles. The second-order valence-electron chi connectivity index (χ2n) is 5.40. The normalized spacial score (nSPS) is 27.4. The molecule has 1 aromatic heterocycles. The Morgan fingerprint density at radius 2 is 2.39 bits per heavy atom. The lowest BCUT2D eigenvalue weighted by Gasteiger charge is -2.23. The summed E-state index contributed by atoms with van der Waals surface area (Å²) in [4.78, 5) is 4.86. The summed E-state index contributed by atoms with van der Waals surface area (Å²) in [5.74, 6) is 1.27. The Balaban J connectivity index is 2.01. The van der Waals surface area contributed by atoms with Crippen molar-refractivity contribution in [3.8, 4) is 0 Å². The number of aromatic nitrogens is 2. The summed E-state index contributed by atoms with van der Waals surface area (Å²) in [5.41, 5.74) is 2.73. The number of hydrogen-bond acceptors (Lipinski definition) is 3. The minimum Gasteiger partial charge on any atom is -0.376 e. The first-order chi connectivity index (χ1) is 8.81. The highest BCUT2D eigenvalue weighted by atomic mass is 16.5. The van der Waals surface area contributed by atoms with Crippen LogP contribution in [-0.4, -0.2) is 28.8 Å². The van der Waals surface area contributed by atoms with Crippen molar-refractivity contribution in [1.29, 1.82) is 0 Å². The summed E-state index contributed by atoms with van der Waals surface area (Å²) in [7, 11) is 0. The number of nitrogens with one attached hydrogen (secondary N) is 1. The zero-order valence-corrected chi connectivity index (χ0v) is 11.4. The highest BCUT2D eigenvalue weighted by Gasteiger charge is 2.31. The fourth-order valence-electron chi connectivity index (χ4n) is 3.24. The molecule has 100 valence electrons. The molecule has 3 rings (SSSR count). The van der Waals surface area contributed by atoms with Crippen molar-refractivity contribution in [3.63, 3.8) is 0 Å². The van der Waals surface area contributed by atoms with Gasteiger partial charge in [0.15, 0.2) is 0 Å². The van der Waals surface area contributed by atoms with Crippen LogP contribution in [0.4, 0.5) is 0 Å². The average molecular weight is 249 g/mol. The molecule has 1 aromatic rings. The second kappa shape index (κ2) is 5.02. The molecule has 1 N–H and O–H groups in total. The third kappa shape index (κ3) is 1.97. The van der Waals surface area contributed by atoms with Gasteiger partial charge < -0.3 is 14.6 Å². The summed E-state index contributed by atoms with van der Waals surface area (Å²) in [6.07, 6.45) is 4.80. The van der Waals surface area contributed by atoms with E-state index >= 15 is 0 Å². The molecule has 4 nitrogen and oxygen atoms in total. The molecule has 0 aromatic carbocycles. The van der Waals surface area contributed by atoms with Crippen molar-refractivity contribution in [2.24, 2.45) is 0 Å². The number of imidazole rings is 1. The van der Waals surface area contributed by atoms with Crippen molar-refractivity contribution >= 4 is 0 Å². The molecule has 0 spiro atoms. The van der Waals surface area contributed by atoms with Gasteiger partial charge in [-0.2, -0.15) is 0 Å². The molecule has 2 unspecified atom stereocenters. The van der Waals surface area contributed by atoms with Gasteiger partial charge in [-0.3, -0.25) is 0 Å². The van der Waals surface area contributed by atoms with E-state index in [2.05, 4.69) is 23.7 Å². The van der Waals surface area contributed by atoms with Crippen molar-refractivity contribution in [1.82, 2.24) is 14.9 Å². The molecule has 4 heteroatoms. The van der Waals surface area contributed by atoms with Gasteiger partial charge in [0.05, 0.1) is 17.8 Å². The lowest BCUT2D eigenvalue weighted by atomic mass is 10.1. The second-order valence-corrected chi connectivity index (χ2v) is 5.40. The molecular weight excluding hydrogens is 226 g/mol. The number of nitrogens with zero attached hydrogens (tertiary/aromatic N) is 2. The molecular formula is C14H23N3O. The van der Waals surface area contributed by atoms with E-state index in [-0.39, 0.29) is 0 Å². The van der Waals surface area contributed by atoms with E-state index in [0.717, 1.165) is 45.4 Å². The molecule has 2 aliphatic heterocycles. The molecule has 0 amide bonds. The zero-order chi connectivity index (χ0) is 12.5. The number of rotatable bonds is 3. The topological polar surface area (TPSA) is 39.1 Å². The van der Waals surface area contributed by atoms with E-state index in [9.17, 15) is 0 Å². The minimum atomic E-state index is 0.328. The van der Waals surface area contributed by atoms with Crippen LogP contribution in [0.15, 0.2) is 0 Å². The fraction of sp³-hybridized carbons (Fsp3) is 0.786. The Labute approximate surface area is 109 Å². The summed E-state index contributed by atoms with van der Waals surface area (Å²) >= 11 is 0. The Morgan fingerprint density at radius 3 is 3.11 bits per heavy atom. The van der Waals surface area contributed by atoms with Crippen molar-refractivity contribution in [2.45, 2.75) is 58.2 Å². The SMILES string of the molecule is CCCc1nc2c(n1C1CCOC1C)CCNC2.